The average Bonchev–Trinajstić information content (AvgIpc) is 2.85. The van der Waals surface area contributed by atoms with Crippen molar-refractivity contribution < 1.29 is 19.4 Å². The maximum absolute atomic E-state index is 12.0. The smallest absolute Gasteiger partial charge is 0.412 e. The fourth-order valence-electron chi connectivity index (χ4n) is 2.61. The normalized spacial score (nSPS) is 21.1. The van der Waals surface area contributed by atoms with Gasteiger partial charge in [0.2, 0.25) is 0 Å². The fraction of sp³-hybridized carbons (Fsp3) is 0.588. The number of methoxy groups -OCH3 is 1. The molecule has 1 aliphatic heterocycles. The first-order valence-corrected chi connectivity index (χ1v) is 7.81. The highest BCUT2D eigenvalue weighted by Gasteiger charge is 2.32. The molecular weight excluding hydrogens is 296 g/mol. The van der Waals surface area contributed by atoms with Gasteiger partial charge >= 0.3 is 6.09 Å². The van der Waals surface area contributed by atoms with Gasteiger partial charge in [-0.2, -0.15) is 0 Å². The minimum atomic E-state index is -0.809. The zero-order chi connectivity index (χ0) is 17.1. The highest BCUT2D eigenvalue weighted by molar-refractivity contribution is 5.86. The molecule has 128 valence electrons. The van der Waals surface area contributed by atoms with Crippen LogP contribution in [-0.4, -0.2) is 42.6 Å². The first-order valence-electron chi connectivity index (χ1n) is 7.81. The van der Waals surface area contributed by atoms with Gasteiger partial charge < -0.3 is 19.9 Å². The third-order valence-corrected chi connectivity index (χ3v) is 3.69. The molecule has 23 heavy (non-hydrogen) atoms. The largest absolute Gasteiger partial charge is 0.497 e. The molecule has 1 fully saturated rings. The number of ether oxygens (including phenoxy) is 2. The lowest BCUT2D eigenvalue weighted by molar-refractivity contribution is 0.0604. The number of anilines is 1. The molecule has 1 heterocycles. The quantitative estimate of drug-likeness (QED) is 0.793. The van der Waals surface area contributed by atoms with Crippen molar-refractivity contribution in [2.45, 2.75) is 44.8 Å². The van der Waals surface area contributed by atoms with Crippen LogP contribution in [0.4, 0.5) is 10.5 Å². The Hall–Kier alpha value is -1.79. The third-order valence-electron chi connectivity index (χ3n) is 3.69. The number of β-amino-alcohol motifs (C(OH)–C–C–N with tert-alkyl or cyclic N) is 1. The van der Waals surface area contributed by atoms with E-state index in [1.165, 1.54) is 0 Å². The van der Waals surface area contributed by atoms with Crippen LogP contribution in [0.15, 0.2) is 18.2 Å². The van der Waals surface area contributed by atoms with E-state index in [0.29, 0.717) is 30.8 Å². The summed E-state index contributed by atoms with van der Waals surface area (Å²) in [5, 5.41) is 16.5. The Kier molecular flexibility index (Phi) is 5.16. The van der Waals surface area contributed by atoms with E-state index in [9.17, 15) is 9.90 Å². The second-order valence-corrected chi connectivity index (χ2v) is 6.98. The van der Waals surface area contributed by atoms with Crippen LogP contribution in [-0.2, 0) is 11.2 Å². The summed E-state index contributed by atoms with van der Waals surface area (Å²) in [5.74, 6) is 0.685. The zero-order valence-electron chi connectivity index (χ0n) is 14.2. The fourth-order valence-corrected chi connectivity index (χ4v) is 2.61. The minimum Gasteiger partial charge on any atom is -0.497 e. The van der Waals surface area contributed by atoms with E-state index >= 15 is 0 Å². The molecule has 3 N–H and O–H groups in total. The van der Waals surface area contributed by atoms with E-state index in [2.05, 4.69) is 10.6 Å². The molecule has 1 aliphatic rings. The summed E-state index contributed by atoms with van der Waals surface area (Å²) in [6.07, 6.45) is 0.596. The van der Waals surface area contributed by atoms with E-state index in [0.717, 1.165) is 12.1 Å². The van der Waals surface area contributed by atoms with Gasteiger partial charge in [-0.05, 0) is 57.5 Å². The summed E-state index contributed by atoms with van der Waals surface area (Å²) in [5.41, 5.74) is 0.0721. The van der Waals surface area contributed by atoms with Crippen molar-refractivity contribution in [1.82, 2.24) is 5.32 Å². The van der Waals surface area contributed by atoms with E-state index in [1.54, 1.807) is 19.2 Å². The number of carbonyl (C=O) groups is 1. The molecule has 1 atom stereocenters. The van der Waals surface area contributed by atoms with Crippen molar-refractivity contribution in [2.24, 2.45) is 0 Å². The van der Waals surface area contributed by atoms with E-state index in [1.807, 2.05) is 26.8 Å². The Morgan fingerprint density at radius 1 is 1.43 bits per heavy atom. The Morgan fingerprint density at radius 2 is 2.17 bits per heavy atom. The Balaban J connectivity index is 2.19. The second kappa shape index (κ2) is 6.76. The molecule has 6 nitrogen and oxygen atoms in total. The number of hydrogen-bond acceptors (Lipinski definition) is 5. The van der Waals surface area contributed by atoms with Crippen molar-refractivity contribution in [1.29, 1.82) is 0 Å². The lowest BCUT2D eigenvalue weighted by atomic mass is 9.92. The molecule has 6 heteroatoms. The Labute approximate surface area is 137 Å². The highest BCUT2D eigenvalue weighted by atomic mass is 16.6. The standard InChI is InChI=1S/C17H26N2O4/c1-16(2,3)23-15(20)19-14-6-5-13(22-4)9-12(14)10-17(21)7-8-18-11-17/h5-6,9,18,21H,7-8,10-11H2,1-4H3,(H,19,20). The molecular formula is C17H26N2O4. The molecule has 0 aromatic heterocycles. The van der Waals surface area contributed by atoms with Gasteiger partial charge in [0.25, 0.3) is 0 Å². The van der Waals surface area contributed by atoms with Crippen LogP contribution in [0.1, 0.15) is 32.8 Å². The van der Waals surface area contributed by atoms with Crippen molar-refractivity contribution in [3.63, 3.8) is 0 Å². The van der Waals surface area contributed by atoms with Crippen LogP contribution in [0.2, 0.25) is 0 Å². The van der Waals surface area contributed by atoms with Gasteiger partial charge in [-0.1, -0.05) is 0 Å². The maximum atomic E-state index is 12.0. The summed E-state index contributed by atoms with van der Waals surface area (Å²) in [7, 11) is 1.59. The molecule has 1 unspecified atom stereocenters. The van der Waals surface area contributed by atoms with Crippen LogP contribution in [0.5, 0.6) is 5.75 Å². The topological polar surface area (TPSA) is 79.8 Å². The van der Waals surface area contributed by atoms with Crippen molar-refractivity contribution in [3.8, 4) is 5.75 Å². The van der Waals surface area contributed by atoms with Gasteiger partial charge in [-0.15, -0.1) is 0 Å². The number of benzene rings is 1. The molecule has 1 aromatic rings. The average molecular weight is 322 g/mol. The van der Waals surface area contributed by atoms with Crippen molar-refractivity contribution in [2.75, 3.05) is 25.5 Å². The molecule has 0 spiro atoms. The number of rotatable bonds is 4. The number of amides is 1. The third kappa shape index (κ3) is 5.11. The van der Waals surface area contributed by atoms with Gasteiger partial charge in [0, 0.05) is 18.7 Å². The number of nitrogens with one attached hydrogen (secondary N) is 2. The molecule has 1 saturated heterocycles. The zero-order valence-corrected chi connectivity index (χ0v) is 14.2. The van der Waals surface area contributed by atoms with Crippen molar-refractivity contribution >= 4 is 11.8 Å². The molecule has 1 amide bonds. The van der Waals surface area contributed by atoms with E-state index < -0.39 is 17.3 Å². The minimum absolute atomic E-state index is 0.433. The first kappa shape index (κ1) is 17.6. The predicted molar refractivity (Wildman–Crippen MR) is 89.0 cm³/mol. The van der Waals surface area contributed by atoms with Crippen LogP contribution in [0.3, 0.4) is 0 Å². The summed E-state index contributed by atoms with van der Waals surface area (Å²) >= 11 is 0. The van der Waals surface area contributed by atoms with Gasteiger partial charge in [-0.25, -0.2) is 4.79 Å². The lowest BCUT2D eigenvalue weighted by Crippen LogP contribution is -2.34. The summed E-state index contributed by atoms with van der Waals surface area (Å²) < 4.78 is 10.5. The van der Waals surface area contributed by atoms with Gasteiger partial charge in [-0.3, -0.25) is 5.32 Å². The molecule has 0 radical (unpaired) electrons. The van der Waals surface area contributed by atoms with Gasteiger partial charge in [0.05, 0.1) is 12.7 Å². The van der Waals surface area contributed by atoms with E-state index in [4.69, 9.17) is 9.47 Å². The Morgan fingerprint density at radius 3 is 2.74 bits per heavy atom. The predicted octanol–water partition coefficient (Wildman–Crippen LogP) is 2.31. The molecule has 2 rings (SSSR count). The molecule has 0 bridgehead atoms. The Bertz CT molecular complexity index is 560. The SMILES string of the molecule is COc1ccc(NC(=O)OC(C)(C)C)c(CC2(O)CCNC2)c1. The maximum Gasteiger partial charge on any atom is 0.412 e. The summed E-state index contributed by atoms with van der Waals surface area (Å²) in [6, 6.07) is 5.37. The molecule has 1 aromatic carbocycles. The lowest BCUT2D eigenvalue weighted by Gasteiger charge is -2.24. The molecule has 0 saturated carbocycles. The van der Waals surface area contributed by atoms with E-state index in [-0.39, 0.29) is 0 Å². The van der Waals surface area contributed by atoms with Crippen LogP contribution < -0.4 is 15.4 Å². The number of hydrogen-bond donors (Lipinski definition) is 3. The van der Waals surface area contributed by atoms with Crippen LogP contribution >= 0.6 is 0 Å². The number of carbonyl (C=O) groups excluding carboxylic acids is 1. The first-order chi connectivity index (χ1) is 10.7. The van der Waals surface area contributed by atoms with Crippen molar-refractivity contribution in [3.05, 3.63) is 23.8 Å². The second-order valence-electron chi connectivity index (χ2n) is 6.98. The van der Waals surface area contributed by atoms with Crippen LogP contribution in [0, 0.1) is 0 Å². The summed E-state index contributed by atoms with van der Waals surface area (Å²) in [4.78, 5) is 12.0. The summed E-state index contributed by atoms with van der Waals surface area (Å²) in [6.45, 7) is 6.77. The van der Waals surface area contributed by atoms with Gasteiger partial charge in [0.15, 0.2) is 0 Å². The number of aliphatic hydroxyl groups is 1. The van der Waals surface area contributed by atoms with Crippen LogP contribution in [0.25, 0.3) is 0 Å². The molecule has 0 aliphatic carbocycles. The van der Waals surface area contributed by atoms with Gasteiger partial charge in [0.1, 0.15) is 11.4 Å². The monoisotopic (exact) mass is 322 g/mol. The highest BCUT2D eigenvalue weighted by Crippen LogP contribution is 2.29.